The van der Waals surface area contributed by atoms with Gasteiger partial charge in [0.2, 0.25) is 5.91 Å². The van der Waals surface area contributed by atoms with Crippen molar-refractivity contribution in [3.8, 4) is 11.3 Å². The molecule has 0 saturated heterocycles. The van der Waals surface area contributed by atoms with Crippen LogP contribution in [0.3, 0.4) is 0 Å². The summed E-state index contributed by atoms with van der Waals surface area (Å²) >= 11 is 17.3. The Hall–Kier alpha value is -3.91. The van der Waals surface area contributed by atoms with E-state index in [4.69, 9.17) is 39.8 Å². The molecule has 4 rings (SSSR count). The third-order valence-corrected chi connectivity index (χ3v) is 6.05. The van der Waals surface area contributed by atoms with E-state index in [-0.39, 0.29) is 11.0 Å². The normalized spacial score (nSPS) is 10.8. The fourth-order valence-electron chi connectivity index (χ4n) is 3.29. The van der Waals surface area contributed by atoms with E-state index < -0.39 is 5.91 Å². The highest BCUT2D eigenvalue weighted by Gasteiger charge is 2.08. The molecular weight excluding hydrogens is 529 g/mol. The van der Waals surface area contributed by atoms with Crippen LogP contribution in [0.25, 0.3) is 17.4 Å². The van der Waals surface area contributed by atoms with E-state index in [0.717, 1.165) is 11.1 Å². The number of aryl methyl sites for hydroxylation is 1. The highest BCUT2D eigenvalue weighted by Crippen LogP contribution is 2.27. The van der Waals surface area contributed by atoms with Gasteiger partial charge in [-0.3, -0.25) is 14.9 Å². The average Bonchev–Trinajstić information content (AvgIpc) is 3.35. The van der Waals surface area contributed by atoms with Crippen molar-refractivity contribution in [3.05, 3.63) is 112 Å². The SMILES string of the molecule is Cc1ccc(-c2ccc(/C=C/C(=O)NC(=S)Nc3ccc(NC(=O)c4cccc(Cl)c4)cc3)o2)cc1Cl. The molecule has 186 valence electrons. The fourth-order valence-corrected chi connectivity index (χ4v) is 3.88. The Morgan fingerprint density at radius 2 is 1.62 bits per heavy atom. The van der Waals surface area contributed by atoms with Crippen molar-refractivity contribution in [2.75, 3.05) is 10.6 Å². The molecule has 0 aliphatic rings. The fraction of sp³-hybridized carbons (Fsp3) is 0.0357. The van der Waals surface area contributed by atoms with E-state index in [0.29, 0.717) is 38.5 Å². The van der Waals surface area contributed by atoms with Crippen molar-refractivity contribution >= 4 is 69.8 Å². The van der Waals surface area contributed by atoms with E-state index in [2.05, 4.69) is 16.0 Å². The van der Waals surface area contributed by atoms with Crippen molar-refractivity contribution in [3.63, 3.8) is 0 Å². The molecule has 6 nitrogen and oxygen atoms in total. The van der Waals surface area contributed by atoms with E-state index >= 15 is 0 Å². The van der Waals surface area contributed by atoms with Gasteiger partial charge in [0.05, 0.1) is 0 Å². The van der Waals surface area contributed by atoms with Crippen LogP contribution in [0.4, 0.5) is 11.4 Å². The van der Waals surface area contributed by atoms with Crippen molar-refractivity contribution in [1.82, 2.24) is 5.32 Å². The Morgan fingerprint density at radius 1 is 0.892 bits per heavy atom. The molecule has 0 aliphatic heterocycles. The molecule has 2 amide bonds. The van der Waals surface area contributed by atoms with Crippen molar-refractivity contribution in [2.24, 2.45) is 0 Å². The van der Waals surface area contributed by atoms with Crippen LogP contribution >= 0.6 is 35.4 Å². The molecule has 3 aromatic carbocycles. The lowest BCUT2D eigenvalue weighted by Crippen LogP contribution is -2.32. The molecule has 0 radical (unpaired) electrons. The summed E-state index contributed by atoms with van der Waals surface area (Å²) in [6.07, 6.45) is 2.88. The largest absolute Gasteiger partial charge is 0.457 e. The van der Waals surface area contributed by atoms with Gasteiger partial charge in [0.25, 0.3) is 5.91 Å². The number of carbonyl (C=O) groups excluding carboxylic acids is 2. The van der Waals surface area contributed by atoms with Gasteiger partial charge < -0.3 is 15.1 Å². The molecule has 0 bridgehead atoms. The van der Waals surface area contributed by atoms with E-state index in [9.17, 15) is 9.59 Å². The highest BCUT2D eigenvalue weighted by molar-refractivity contribution is 7.80. The summed E-state index contributed by atoms with van der Waals surface area (Å²) in [5, 5.41) is 9.56. The number of halogens is 2. The first-order valence-electron chi connectivity index (χ1n) is 11.1. The van der Waals surface area contributed by atoms with Gasteiger partial charge in [-0.25, -0.2) is 0 Å². The van der Waals surface area contributed by atoms with Crippen LogP contribution in [0, 0.1) is 6.92 Å². The maximum Gasteiger partial charge on any atom is 0.255 e. The molecule has 1 heterocycles. The Bertz CT molecular complexity index is 1500. The smallest absolute Gasteiger partial charge is 0.255 e. The number of hydrogen-bond donors (Lipinski definition) is 3. The number of carbonyl (C=O) groups is 2. The van der Waals surface area contributed by atoms with Crippen molar-refractivity contribution < 1.29 is 14.0 Å². The molecule has 0 unspecified atom stereocenters. The Kier molecular flexibility index (Phi) is 8.40. The standard InChI is InChI=1S/C28H21Cl2N3O3S/c1-17-5-6-18(16-24(17)30)25-13-11-23(36-25)12-14-26(34)33-28(37)32-22-9-7-21(8-10-22)31-27(35)19-3-2-4-20(29)15-19/h2-16H,1H3,(H,31,35)(H2,32,33,34,37)/b14-12+. The third kappa shape index (κ3) is 7.30. The number of amides is 2. The molecule has 3 N–H and O–H groups in total. The van der Waals surface area contributed by atoms with Gasteiger partial charge in [-0.05, 0) is 91.4 Å². The first-order chi connectivity index (χ1) is 17.8. The van der Waals surface area contributed by atoms with Crippen LogP contribution in [0.5, 0.6) is 0 Å². The molecule has 4 aromatic rings. The van der Waals surface area contributed by atoms with E-state index in [1.807, 2.05) is 31.2 Å². The predicted molar refractivity (Wildman–Crippen MR) is 153 cm³/mol. The lowest BCUT2D eigenvalue weighted by Gasteiger charge is -2.10. The van der Waals surface area contributed by atoms with Crippen LogP contribution in [0.15, 0.2) is 89.4 Å². The van der Waals surface area contributed by atoms with Crippen LogP contribution < -0.4 is 16.0 Å². The zero-order valence-electron chi connectivity index (χ0n) is 19.5. The number of furan rings is 1. The average molecular weight is 550 g/mol. The van der Waals surface area contributed by atoms with Gasteiger partial charge in [-0.1, -0.05) is 41.4 Å². The zero-order valence-corrected chi connectivity index (χ0v) is 21.9. The highest BCUT2D eigenvalue weighted by atomic mass is 35.5. The van der Waals surface area contributed by atoms with Crippen LogP contribution in [0.1, 0.15) is 21.7 Å². The minimum atomic E-state index is -0.417. The number of anilines is 2. The lowest BCUT2D eigenvalue weighted by atomic mass is 10.1. The summed E-state index contributed by atoms with van der Waals surface area (Å²) < 4.78 is 5.78. The van der Waals surface area contributed by atoms with E-state index in [1.54, 1.807) is 60.7 Å². The molecule has 0 aliphatic carbocycles. The molecule has 9 heteroatoms. The molecule has 37 heavy (non-hydrogen) atoms. The first-order valence-corrected chi connectivity index (χ1v) is 12.3. The van der Waals surface area contributed by atoms with Crippen LogP contribution in [0.2, 0.25) is 10.0 Å². The number of nitrogens with one attached hydrogen (secondary N) is 3. The number of benzene rings is 3. The summed E-state index contributed by atoms with van der Waals surface area (Å²) in [4.78, 5) is 24.6. The van der Waals surface area contributed by atoms with E-state index in [1.165, 1.54) is 6.08 Å². The molecule has 1 aromatic heterocycles. The predicted octanol–water partition coefficient (Wildman–Crippen LogP) is 7.34. The molecule has 0 fully saturated rings. The minimum Gasteiger partial charge on any atom is -0.457 e. The summed E-state index contributed by atoms with van der Waals surface area (Å²) in [7, 11) is 0. The van der Waals surface area contributed by atoms with Gasteiger partial charge in [-0.15, -0.1) is 0 Å². The quantitative estimate of drug-likeness (QED) is 0.173. The molecule has 0 atom stereocenters. The van der Waals surface area contributed by atoms with Gasteiger partial charge in [0, 0.05) is 38.6 Å². The summed E-state index contributed by atoms with van der Waals surface area (Å²) in [5.41, 5.74) is 3.52. The number of rotatable bonds is 6. The monoisotopic (exact) mass is 549 g/mol. The summed E-state index contributed by atoms with van der Waals surface area (Å²) in [6, 6.07) is 22.8. The Labute approximate surface area is 229 Å². The second kappa shape index (κ2) is 11.9. The lowest BCUT2D eigenvalue weighted by molar-refractivity contribution is -0.115. The van der Waals surface area contributed by atoms with Crippen LogP contribution in [-0.4, -0.2) is 16.9 Å². The molecular formula is C28H21Cl2N3O3S. The van der Waals surface area contributed by atoms with Gasteiger partial charge >= 0.3 is 0 Å². The van der Waals surface area contributed by atoms with Gasteiger partial charge in [0.15, 0.2) is 5.11 Å². The second-order valence-electron chi connectivity index (χ2n) is 7.98. The molecule has 0 saturated carbocycles. The summed E-state index contributed by atoms with van der Waals surface area (Å²) in [6.45, 7) is 1.93. The topological polar surface area (TPSA) is 83.4 Å². The van der Waals surface area contributed by atoms with Crippen LogP contribution in [-0.2, 0) is 4.79 Å². The zero-order chi connectivity index (χ0) is 26.4. The Morgan fingerprint density at radius 3 is 2.32 bits per heavy atom. The van der Waals surface area contributed by atoms with Crippen molar-refractivity contribution in [2.45, 2.75) is 6.92 Å². The summed E-state index contributed by atoms with van der Waals surface area (Å²) in [5.74, 6) is 0.464. The first kappa shape index (κ1) is 26.2. The second-order valence-corrected chi connectivity index (χ2v) is 9.24. The van der Waals surface area contributed by atoms with Crippen molar-refractivity contribution in [1.29, 1.82) is 0 Å². The van der Waals surface area contributed by atoms with Gasteiger partial charge in [-0.2, -0.15) is 0 Å². The Balaban J connectivity index is 1.28. The minimum absolute atomic E-state index is 0.125. The third-order valence-electron chi connectivity index (χ3n) is 5.21. The van der Waals surface area contributed by atoms with Gasteiger partial charge in [0.1, 0.15) is 11.5 Å². The molecule has 0 spiro atoms. The maximum atomic E-state index is 12.3. The maximum absolute atomic E-state index is 12.3. The number of hydrogen-bond acceptors (Lipinski definition) is 4. The number of thiocarbonyl (C=S) groups is 1.